The van der Waals surface area contributed by atoms with E-state index >= 15 is 0 Å². The van der Waals surface area contributed by atoms with Crippen molar-refractivity contribution < 1.29 is 4.79 Å². The Balaban J connectivity index is 2.47. The van der Waals surface area contributed by atoms with Crippen molar-refractivity contribution in [2.24, 2.45) is 0 Å². The van der Waals surface area contributed by atoms with Crippen LogP contribution in [0.2, 0.25) is 0 Å². The number of nitrogens with two attached hydrogens (primary N) is 1. The number of aryl methyl sites for hydroxylation is 1. The van der Waals surface area contributed by atoms with Crippen LogP contribution in [-0.2, 0) is 4.79 Å². The number of hydrogen-bond donors (Lipinski definition) is 1. The summed E-state index contributed by atoms with van der Waals surface area (Å²) in [7, 11) is 0. The van der Waals surface area contributed by atoms with Crippen LogP contribution in [0.1, 0.15) is 44.3 Å². The summed E-state index contributed by atoms with van der Waals surface area (Å²) in [4.78, 5) is 18.9. The van der Waals surface area contributed by atoms with Crippen molar-refractivity contribution in [1.29, 1.82) is 0 Å². The summed E-state index contributed by atoms with van der Waals surface area (Å²) in [5, 5.41) is 5.36. The highest BCUT2D eigenvalue weighted by molar-refractivity contribution is 5.87. The molecule has 102 valence electrons. The van der Waals surface area contributed by atoms with Crippen molar-refractivity contribution in [3.63, 3.8) is 0 Å². The molecule has 19 heavy (non-hydrogen) atoms. The Morgan fingerprint density at radius 1 is 1.42 bits per heavy atom. The van der Waals surface area contributed by atoms with Gasteiger partial charge in [0.25, 0.3) is 0 Å². The minimum Gasteiger partial charge on any atom is -0.383 e. The van der Waals surface area contributed by atoms with Gasteiger partial charge in [-0.1, -0.05) is 13.3 Å². The zero-order valence-corrected chi connectivity index (χ0v) is 11.3. The number of nitrogens with zero attached hydrogens (tertiary/aromatic N) is 4. The van der Waals surface area contributed by atoms with Crippen LogP contribution >= 0.6 is 0 Å². The molecule has 6 heteroatoms. The van der Waals surface area contributed by atoms with E-state index in [1.807, 2.05) is 11.6 Å². The van der Waals surface area contributed by atoms with E-state index < -0.39 is 0 Å². The fourth-order valence-corrected chi connectivity index (χ4v) is 2.41. The van der Waals surface area contributed by atoms with Crippen molar-refractivity contribution in [3.05, 3.63) is 12.0 Å². The first-order valence-corrected chi connectivity index (χ1v) is 6.58. The first-order valence-electron chi connectivity index (χ1n) is 6.58. The number of fused-ring (bicyclic) bond motifs is 1. The summed E-state index contributed by atoms with van der Waals surface area (Å²) in [6.07, 6.45) is 5.71. The maximum absolute atomic E-state index is 10.6. The lowest BCUT2D eigenvalue weighted by Gasteiger charge is -2.16. The fraction of sp³-hybridized carbons (Fsp3) is 0.538. The molecule has 0 bridgehead atoms. The van der Waals surface area contributed by atoms with Crippen LogP contribution in [-0.4, -0.2) is 26.0 Å². The largest absolute Gasteiger partial charge is 0.383 e. The second-order valence-corrected chi connectivity index (χ2v) is 4.67. The molecule has 2 heterocycles. The standard InChI is InChI=1S/C13H19N5O/c1-3-5-10(6-4-7-19)18-13-11(9(2)17-18)12(14)15-8-16-13/h7-8,10H,3-6H2,1-2H3,(H2,14,15,16). The van der Waals surface area contributed by atoms with Crippen LogP contribution in [0.25, 0.3) is 11.0 Å². The van der Waals surface area contributed by atoms with E-state index in [0.29, 0.717) is 12.2 Å². The lowest BCUT2D eigenvalue weighted by atomic mass is 10.1. The predicted octanol–water partition coefficient (Wildman–Crippen LogP) is 2.04. The van der Waals surface area contributed by atoms with Crippen molar-refractivity contribution in [1.82, 2.24) is 19.7 Å². The van der Waals surface area contributed by atoms with Crippen LogP contribution in [0.5, 0.6) is 0 Å². The highest BCUT2D eigenvalue weighted by Gasteiger charge is 2.18. The highest BCUT2D eigenvalue weighted by atomic mass is 16.1. The fourth-order valence-electron chi connectivity index (χ4n) is 2.41. The minimum atomic E-state index is 0.181. The molecular weight excluding hydrogens is 242 g/mol. The van der Waals surface area contributed by atoms with Crippen molar-refractivity contribution in [3.8, 4) is 0 Å². The van der Waals surface area contributed by atoms with Gasteiger partial charge in [0.2, 0.25) is 0 Å². The maximum atomic E-state index is 10.6. The Morgan fingerprint density at radius 3 is 2.89 bits per heavy atom. The van der Waals surface area contributed by atoms with Gasteiger partial charge in [0.15, 0.2) is 5.65 Å². The van der Waals surface area contributed by atoms with E-state index in [2.05, 4.69) is 22.0 Å². The lowest BCUT2D eigenvalue weighted by Crippen LogP contribution is -2.12. The molecule has 0 aliphatic rings. The van der Waals surface area contributed by atoms with Gasteiger partial charge in [-0.05, 0) is 19.8 Å². The molecule has 0 saturated carbocycles. The topological polar surface area (TPSA) is 86.7 Å². The zero-order chi connectivity index (χ0) is 13.8. The van der Waals surface area contributed by atoms with E-state index in [0.717, 1.165) is 42.3 Å². The first kappa shape index (κ1) is 13.5. The van der Waals surface area contributed by atoms with Gasteiger partial charge < -0.3 is 10.5 Å². The second kappa shape index (κ2) is 5.77. The number of aldehydes is 1. The summed E-state index contributed by atoms with van der Waals surface area (Å²) in [6.45, 7) is 4.02. The Morgan fingerprint density at radius 2 is 2.21 bits per heavy atom. The second-order valence-electron chi connectivity index (χ2n) is 4.67. The molecule has 0 spiro atoms. The Hall–Kier alpha value is -1.98. The molecular formula is C13H19N5O. The number of anilines is 1. The molecule has 0 aliphatic carbocycles. The highest BCUT2D eigenvalue weighted by Crippen LogP contribution is 2.27. The van der Waals surface area contributed by atoms with Gasteiger partial charge in [0, 0.05) is 6.42 Å². The van der Waals surface area contributed by atoms with Gasteiger partial charge in [0.05, 0.1) is 17.1 Å². The molecule has 0 radical (unpaired) electrons. The zero-order valence-electron chi connectivity index (χ0n) is 11.3. The Bertz CT molecular complexity index is 578. The SMILES string of the molecule is CCCC(CCC=O)n1nc(C)c2c(N)ncnc21. The third kappa shape index (κ3) is 2.57. The number of nitrogen functional groups attached to an aromatic ring is 1. The third-order valence-corrected chi connectivity index (χ3v) is 3.28. The van der Waals surface area contributed by atoms with E-state index in [9.17, 15) is 4.79 Å². The van der Waals surface area contributed by atoms with E-state index in [4.69, 9.17) is 5.73 Å². The van der Waals surface area contributed by atoms with Crippen LogP contribution in [0.3, 0.4) is 0 Å². The summed E-state index contributed by atoms with van der Waals surface area (Å²) < 4.78 is 1.90. The smallest absolute Gasteiger partial charge is 0.163 e. The number of carbonyl (C=O) groups excluding carboxylic acids is 1. The maximum Gasteiger partial charge on any atom is 0.163 e. The molecule has 2 aromatic heterocycles. The normalized spacial score (nSPS) is 12.7. The van der Waals surface area contributed by atoms with Gasteiger partial charge in [-0.25, -0.2) is 14.6 Å². The average molecular weight is 261 g/mol. The van der Waals surface area contributed by atoms with Crippen LogP contribution in [0.4, 0.5) is 5.82 Å². The van der Waals surface area contributed by atoms with Crippen LogP contribution in [0.15, 0.2) is 6.33 Å². The Kier molecular flexibility index (Phi) is 4.09. The van der Waals surface area contributed by atoms with Crippen LogP contribution in [0, 0.1) is 6.92 Å². The summed E-state index contributed by atoms with van der Waals surface area (Å²) in [5.41, 5.74) is 7.48. The van der Waals surface area contributed by atoms with E-state index in [1.54, 1.807) is 0 Å². The molecule has 0 aliphatic heterocycles. The lowest BCUT2D eigenvalue weighted by molar-refractivity contribution is -0.108. The molecule has 2 rings (SSSR count). The van der Waals surface area contributed by atoms with Crippen molar-refractivity contribution in [2.45, 2.75) is 45.6 Å². The number of carbonyl (C=O) groups is 1. The minimum absolute atomic E-state index is 0.181. The van der Waals surface area contributed by atoms with E-state index in [-0.39, 0.29) is 6.04 Å². The number of aromatic nitrogens is 4. The molecule has 6 nitrogen and oxygen atoms in total. The molecule has 2 aromatic rings. The molecule has 0 amide bonds. The quantitative estimate of drug-likeness (QED) is 0.804. The third-order valence-electron chi connectivity index (χ3n) is 3.28. The van der Waals surface area contributed by atoms with Crippen LogP contribution < -0.4 is 5.73 Å². The monoisotopic (exact) mass is 261 g/mol. The molecule has 0 aromatic carbocycles. The van der Waals surface area contributed by atoms with Crippen molar-refractivity contribution >= 4 is 23.1 Å². The van der Waals surface area contributed by atoms with Gasteiger partial charge in [-0.3, -0.25) is 0 Å². The number of hydrogen-bond acceptors (Lipinski definition) is 5. The molecule has 2 N–H and O–H groups in total. The first-order chi connectivity index (χ1) is 9.19. The predicted molar refractivity (Wildman–Crippen MR) is 73.7 cm³/mol. The molecule has 0 fully saturated rings. The Labute approximate surface area is 112 Å². The summed E-state index contributed by atoms with van der Waals surface area (Å²) >= 11 is 0. The van der Waals surface area contributed by atoms with Gasteiger partial charge >= 0.3 is 0 Å². The molecule has 1 unspecified atom stereocenters. The molecule has 1 atom stereocenters. The van der Waals surface area contributed by atoms with Gasteiger partial charge in [-0.2, -0.15) is 5.10 Å². The summed E-state index contributed by atoms with van der Waals surface area (Å²) in [6, 6.07) is 0.181. The average Bonchev–Trinajstić information content (AvgIpc) is 2.73. The van der Waals surface area contributed by atoms with Gasteiger partial charge in [0.1, 0.15) is 18.4 Å². The molecule has 0 saturated heterocycles. The van der Waals surface area contributed by atoms with E-state index in [1.165, 1.54) is 6.33 Å². The number of rotatable bonds is 6. The van der Waals surface area contributed by atoms with Gasteiger partial charge in [-0.15, -0.1) is 0 Å². The summed E-state index contributed by atoms with van der Waals surface area (Å²) in [5.74, 6) is 0.458. The van der Waals surface area contributed by atoms with Crippen molar-refractivity contribution in [2.75, 3.05) is 5.73 Å².